The monoisotopic (exact) mass is 319 g/mol. The van der Waals surface area contributed by atoms with Crippen molar-refractivity contribution in [2.24, 2.45) is 0 Å². The van der Waals surface area contributed by atoms with Gasteiger partial charge in [-0.3, -0.25) is 4.90 Å². The molecule has 1 saturated heterocycles. The second-order valence-corrected chi connectivity index (χ2v) is 7.49. The van der Waals surface area contributed by atoms with E-state index in [1.807, 2.05) is 6.07 Å². The Hall–Kier alpha value is -0.820. The van der Waals surface area contributed by atoms with Crippen molar-refractivity contribution < 1.29 is 17.9 Å². The molecule has 0 unspecified atom stereocenters. The molecule has 1 aliphatic rings. The molecule has 20 heavy (non-hydrogen) atoms. The average molecular weight is 320 g/mol. The zero-order valence-corrected chi connectivity index (χ0v) is 12.9. The summed E-state index contributed by atoms with van der Waals surface area (Å²) >= 11 is 0. The van der Waals surface area contributed by atoms with Gasteiger partial charge in [0.1, 0.15) is 5.75 Å². The maximum absolute atomic E-state index is 11.2. The van der Waals surface area contributed by atoms with E-state index >= 15 is 0 Å². The normalized spacial score (nSPS) is 17.1. The van der Waals surface area contributed by atoms with Crippen molar-refractivity contribution >= 4 is 19.7 Å². The van der Waals surface area contributed by atoms with Crippen LogP contribution in [0.1, 0.15) is 11.1 Å². The molecule has 1 aromatic carbocycles. The standard InChI is InChI=1S/C13H18ClNO4S/c1-18-13-3-2-11(10-20(14,16)17)8-12(13)9-15-4-6-19-7-5-15/h2-3,8H,4-7,9-10H2,1H3. The van der Waals surface area contributed by atoms with Crippen LogP contribution in [0.5, 0.6) is 5.75 Å². The van der Waals surface area contributed by atoms with Gasteiger partial charge in [-0.1, -0.05) is 6.07 Å². The van der Waals surface area contributed by atoms with E-state index in [-0.39, 0.29) is 5.75 Å². The summed E-state index contributed by atoms with van der Waals surface area (Å²) in [5.41, 5.74) is 1.64. The molecule has 0 bridgehead atoms. The highest BCUT2D eigenvalue weighted by Gasteiger charge is 2.15. The molecule has 0 atom stereocenters. The predicted molar refractivity (Wildman–Crippen MR) is 77.6 cm³/mol. The molecule has 0 spiro atoms. The Morgan fingerprint density at radius 1 is 1.35 bits per heavy atom. The van der Waals surface area contributed by atoms with Crippen LogP contribution in [-0.2, 0) is 26.1 Å². The third kappa shape index (κ3) is 4.63. The molecule has 1 heterocycles. The van der Waals surface area contributed by atoms with Gasteiger partial charge in [0, 0.05) is 35.9 Å². The number of methoxy groups -OCH3 is 1. The van der Waals surface area contributed by atoms with Crippen LogP contribution in [0.4, 0.5) is 0 Å². The van der Waals surface area contributed by atoms with Crippen molar-refractivity contribution in [1.29, 1.82) is 0 Å². The Labute approximate surface area is 123 Å². The molecule has 0 aliphatic carbocycles. The highest BCUT2D eigenvalue weighted by molar-refractivity contribution is 8.13. The third-order valence-corrected chi connectivity index (χ3v) is 4.19. The van der Waals surface area contributed by atoms with Gasteiger partial charge in [-0.15, -0.1) is 0 Å². The largest absolute Gasteiger partial charge is 0.496 e. The summed E-state index contributed by atoms with van der Waals surface area (Å²) in [4.78, 5) is 2.25. The van der Waals surface area contributed by atoms with Crippen LogP contribution in [0.25, 0.3) is 0 Å². The van der Waals surface area contributed by atoms with E-state index in [4.69, 9.17) is 20.2 Å². The first kappa shape index (κ1) is 15.6. The number of nitrogens with zero attached hydrogens (tertiary/aromatic N) is 1. The minimum atomic E-state index is -3.55. The summed E-state index contributed by atoms with van der Waals surface area (Å²) in [6.07, 6.45) is 0. The number of ether oxygens (including phenoxy) is 2. The highest BCUT2D eigenvalue weighted by atomic mass is 35.7. The molecule has 0 N–H and O–H groups in total. The van der Waals surface area contributed by atoms with E-state index < -0.39 is 9.05 Å². The lowest BCUT2D eigenvalue weighted by Gasteiger charge is -2.27. The van der Waals surface area contributed by atoms with Gasteiger partial charge in [0.2, 0.25) is 9.05 Å². The van der Waals surface area contributed by atoms with Gasteiger partial charge in [-0.25, -0.2) is 8.42 Å². The first-order valence-electron chi connectivity index (χ1n) is 6.36. The lowest BCUT2D eigenvalue weighted by atomic mass is 10.1. The van der Waals surface area contributed by atoms with Crippen LogP contribution in [0, 0.1) is 0 Å². The van der Waals surface area contributed by atoms with Crippen molar-refractivity contribution in [2.75, 3.05) is 33.4 Å². The summed E-state index contributed by atoms with van der Waals surface area (Å²) in [5, 5.41) is 0. The summed E-state index contributed by atoms with van der Waals surface area (Å²) in [5.74, 6) is 0.585. The van der Waals surface area contributed by atoms with Crippen molar-refractivity contribution in [2.45, 2.75) is 12.3 Å². The molecule has 1 aromatic rings. The minimum Gasteiger partial charge on any atom is -0.496 e. The lowest BCUT2D eigenvalue weighted by molar-refractivity contribution is 0.0339. The maximum Gasteiger partial charge on any atom is 0.236 e. The molecule has 2 rings (SSSR count). The first-order valence-corrected chi connectivity index (χ1v) is 8.84. The molecule has 1 fully saturated rings. The van der Waals surface area contributed by atoms with Crippen molar-refractivity contribution in [3.05, 3.63) is 29.3 Å². The number of hydrogen-bond acceptors (Lipinski definition) is 5. The summed E-state index contributed by atoms with van der Waals surface area (Å²) < 4.78 is 33.0. The molecule has 0 amide bonds. The van der Waals surface area contributed by atoms with E-state index in [2.05, 4.69) is 4.90 Å². The molecule has 0 radical (unpaired) electrons. The molecular weight excluding hydrogens is 302 g/mol. The van der Waals surface area contributed by atoms with Crippen LogP contribution < -0.4 is 4.74 Å². The number of rotatable bonds is 5. The highest BCUT2D eigenvalue weighted by Crippen LogP contribution is 2.23. The number of hydrogen-bond donors (Lipinski definition) is 0. The topological polar surface area (TPSA) is 55.8 Å². The van der Waals surface area contributed by atoms with Crippen LogP contribution in [-0.4, -0.2) is 46.7 Å². The second-order valence-electron chi connectivity index (χ2n) is 4.72. The van der Waals surface area contributed by atoms with Gasteiger partial charge >= 0.3 is 0 Å². The molecule has 5 nitrogen and oxygen atoms in total. The fourth-order valence-corrected chi connectivity index (χ4v) is 3.20. The average Bonchev–Trinajstić information content (AvgIpc) is 2.38. The zero-order valence-electron chi connectivity index (χ0n) is 11.3. The minimum absolute atomic E-state index is 0.172. The van der Waals surface area contributed by atoms with Crippen LogP contribution >= 0.6 is 10.7 Å². The Kier molecular flexibility index (Phi) is 5.26. The Balaban J connectivity index is 2.17. The fourth-order valence-electron chi connectivity index (χ4n) is 2.24. The predicted octanol–water partition coefficient (Wildman–Crippen LogP) is 1.60. The molecule has 1 aliphatic heterocycles. The van der Waals surface area contributed by atoms with Crippen LogP contribution in [0.15, 0.2) is 18.2 Å². The molecule has 112 valence electrons. The first-order chi connectivity index (χ1) is 9.48. The van der Waals surface area contributed by atoms with Gasteiger partial charge < -0.3 is 9.47 Å². The van der Waals surface area contributed by atoms with Gasteiger partial charge in [-0.2, -0.15) is 0 Å². The Bertz CT molecular complexity index is 555. The Morgan fingerprint density at radius 3 is 2.65 bits per heavy atom. The van der Waals surface area contributed by atoms with E-state index in [0.29, 0.717) is 12.1 Å². The summed E-state index contributed by atoms with van der Waals surface area (Å²) in [6, 6.07) is 5.35. The van der Waals surface area contributed by atoms with Gasteiger partial charge in [0.25, 0.3) is 0 Å². The second kappa shape index (κ2) is 6.76. The quantitative estimate of drug-likeness (QED) is 0.772. The maximum atomic E-state index is 11.2. The lowest BCUT2D eigenvalue weighted by Crippen LogP contribution is -2.35. The SMILES string of the molecule is COc1ccc(CS(=O)(=O)Cl)cc1CN1CCOCC1. The third-order valence-electron chi connectivity index (χ3n) is 3.18. The molecule has 0 saturated carbocycles. The van der Waals surface area contributed by atoms with Crippen molar-refractivity contribution in [1.82, 2.24) is 4.90 Å². The van der Waals surface area contributed by atoms with Crippen molar-refractivity contribution in [3.8, 4) is 5.75 Å². The van der Waals surface area contributed by atoms with Gasteiger partial charge in [-0.05, 0) is 17.7 Å². The smallest absolute Gasteiger partial charge is 0.236 e. The van der Waals surface area contributed by atoms with Crippen LogP contribution in [0.2, 0.25) is 0 Å². The molecule has 7 heteroatoms. The van der Waals surface area contributed by atoms with E-state index in [1.54, 1.807) is 19.2 Å². The number of morpholine rings is 1. The van der Waals surface area contributed by atoms with E-state index in [9.17, 15) is 8.42 Å². The molecule has 0 aromatic heterocycles. The fraction of sp³-hybridized carbons (Fsp3) is 0.538. The number of halogens is 1. The van der Waals surface area contributed by atoms with E-state index in [1.165, 1.54) is 0 Å². The number of benzene rings is 1. The van der Waals surface area contributed by atoms with Crippen LogP contribution in [0.3, 0.4) is 0 Å². The molecular formula is C13H18ClNO4S. The van der Waals surface area contributed by atoms with E-state index in [0.717, 1.165) is 37.6 Å². The zero-order chi connectivity index (χ0) is 14.6. The summed E-state index contributed by atoms with van der Waals surface area (Å²) in [6.45, 7) is 3.88. The Morgan fingerprint density at radius 2 is 2.05 bits per heavy atom. The summed E-state index contributed by atoms with van der Waals surface area (Å²) in [7, 11) is 3.36. The van der Waals surface area contributed by atoms with Crippen molar-refractivity contribution in [3.63, 3.8) is 0 Å². The van der Waals surface area contributed by atoms with Gasteiger partial charge in [0.15, 0.2) is 0 Å². The van der Waals surface area contributed by atoms with Gasteiger partial charge in [0.05, 0.1) is 26.1 Å².